The number of nitrogens with two attached hydrogens (primary N) is 2. The van der Waals surface area contributed by atoms with E-state index in [9.17, 15) is 4.79 Å². The summed E-state index contributed by atoms with van der Waals surface area (Å²) in [6.45, 7) is 1.94. The molecule has 2 aromatic carbocycles. The molecule has 0 unspecified atom stereocenters. The molecule has 4 N–H and O–H groups in total. The molecule has 1 heterocycles. The number of pyridine rings is 1. The molecule has 0 aliphatic heterocycles. The van der Waals surface area contributed by atoms with E-state index in [1.54, 1.807) is 30.5 Å². The number of aliphatic imine (C=N–C) groups is 1. The lowest BCUT2D eigenvalue weighted by Crippen LogP contribution is -2.24. The van der Waals surface area contributed by atoms with Gasteiger partial charge < -0.3 is 11.5 Å². The van der Waals surface area contributed by atoms with E-state index in [4.69, 9.17) is 34.7 Å². The van der Waals surface area contributed by atoms with Gasteiger partial charge in [0.15, 0.2) is 5.96 Å². The van der Waals surface area contributed by atoms with Crippen LogP contribution in [0, 0.1) is 6.92 Å². The van der Waals surface area contributed by atoms with Gasteiger partial charge in [0.1, 0.15) is 0 Å². The summed E-state index contributed by atoms with van der Waals surface area (Å²) >= 11 is 12.5. The number of halogens is 2. The molecule has 0 radical (unpaired) electrons. The molecule has 0 spiro atoms. The summed E-state index contributed by atoms with van der Waals surface area (Å²) in [5.41, 5.74) is 14.3. The lowest BCUT2D eigenvalue weighted by Gasteiger charge is -2.12. The van der Waals surface area contributed by atoms with E-state index in [1.165, 1.54) is 0 Å². The fraction of sp³-hybridized carbons (Fsp3) is 0.0556. The zero-order valence-corrected chi connectivity index (χ0v) is 14.8. The summed E-state index contributed by atoms with van der Waals surface area (Å²) in [6.07, 6.45) is 1.59. The predicted molar refractivity (Wildman–Crippen MR) is 102 cm³/mol. The van der Waals surface area contributed by atoms with Gasteiger partial charge in [-0.1, -0.05) is 29.3 Å². The van der Waals surface area contributed by atoms with E-state index in [-0.39, 0.29) is 5.96 Å². The summed E-state index contributed by atoms with van der Waals surface area (Å²) in [5, 5.41) is 1.85. The van der Waals surface area contributed by atoms with Crippen molar-refractivity contribution in [3.8, 4) is 11.1 Å². The van der Waals surface area contributed by atoms with Crippen LogP contribution in [0.3, 0.4) is 0 Å². The lowest BCUT2D eigenvalue weighted by molar-refractivity contribution is 0.100. The Morgan fingerprint density at radius 3 is 2.56 bits per heavy atom. The minimum absolute atomic E-state index is 0.289. The van der Waals surface area contributed by atoms with E-state index in [2.05, 4.69) is 9.98 Å². The molecule has 3 rings (SSSR count). The van der Waals surface area contributed by atoms with E-state index >= 15 is 0 Å². The monoisotopic (exact) mass is 372 g/mol. The van der Waals surface area contributed by atoms with Crippen LogP contribution in [0.1, 0.15) is 15.9 Å². The number of hydrogen-bond acceptors (Lipinski definition) is 2. The summed E-state index contributed by atoms with van der Waals surface area (Å²) in [6, 6.07) is 10.6. The summed E-state index contributed by atoms with van der Waals surface area (Å²) < 4.78 is 0. The van der Waals surface area contributed by atoms with Crippen molar-refractivity contribution in [2.75, 3.05) is 0 Å². The third-order valence-corrected chi connectivity index (χ3v) is 4.28. The quantitative estimate of drug-likeness (QED) is 0.526. The summed E-state index contributed by atoms with van der Waals surface area (Å²) in [5.74, 6) is -0.816. The van der Waals surface area contributed by atoms with Crippen LogP contribution in [0.15, 0.2) is 47.6 Å². The van der Waals surface area contributed by atoms with Crippen molar-refractivity contribution in [1.29, 1.82) is 0 Å². The van der Waals surface area contributed by atoms with Crippen LogP contribution in [-0.4, -0.2) is 16.9 Å². The van der Waals surface area contributed by atoms with Gasteiger partial charge in [0.25, 0.3) is 5.91 Å². The Balaban J connectivity index is 2.28. The number of aryl methyl sites for hydroxylation is 1. The topological polar surface area (TPSA) is 94.4 Å². The molecule has 0 fully saturated rings. The van der Waals surface area contributed by atoms with Gasteiger partial charge in [0, 0.05) is 27.7 Å². The average Bonchev–Trinajstić information content (AvgIpc) is 2.54. The highest BCUT2D eigenvalue weighted by Gasteiger charge is 2.15. The molecular formula is C18H14Cl2N4O. The Hall–Kier alpha value is -2.63. The molecule has 0 aliphatic carbocycles. The molecule has 1 aromatic heterocycles. The second-order valence-corrected chi connectivity index (χ2v) is 6.36. The molecule has 25 heavy (non-hydrogen) atoms. The minimum Gasteiger partial charge on any atom is -0.370 e. The van der Waals surface area contributed by atoms with Gasteiger partial charge in [-0.2, -0.15) is 4.99 Å². The van der Waals surface area contributed by atoms with Crippen LogP contribution in [-0.2, 0) is 0 Å². The molecular weight excluding hydrogens is 359 g/mol. The van der Waals surface area contributed by atoms with E-state index in [0.29, 0.717) is 21.1 Å². The van der Waals surface area contributed by atoms with Gasteiger partial charge in [-0.05, 0) is 48.4 Å². The first kappa shape index (κ1) is 17.2. The first-order valence-electron chi connectivity index (χ1n) is 7.35. The number of carbonyl (C=O) groups excluding carboxylic acids is 1. The van der Waals surface area contributed by atoms with Gasteiger partial charge in [-0.25, -0.2) is 0 Å². The van der Waals surface area contributed by atoms with Crippen LogP contribution in [0.25, 0.3) is 22.0 Å². The van der Waals surface area contributed by atoms with E-state index in [1.807, 2.05) is 19.1 Å². The van der Waals surface area contributed by atoms with Gasteiger partial charge in [-0.3, -0.25) is 9.78 Å². The fourth-order valence-corrected chi connectivity index (χ4v) is 3.14. The van der Waals surface area contributed by atoms with Gasteiger partial charge >= 0.3 is 0 Å². The van der Waals surface area contributed by atoms with E-state index in [0.717, 1.165) is 22.1 Å². The Morgan fingerprint density at radius 1 is 1.12 bits per heavy atom. The highest BCUT2D eigenvalue weighted by atomic mass is 35.5. The third kappa shape index (κ3) is 3.43. The summed E-state index contributed by atoms with van der Waals surface area (Å²) in [7, 11) is 0. The lowest BCUT2D eigenvalue weighted by atomic mass is 9.96. The van der Waals surface area contributed by atoms with Gasteiger partial charge in [0.05, 0.1) is 10.5 Å². The van der Waals surface area contributed by atoms with Crippen LogP contribution in [0.2, 0.25) is 10.0 Å². The van der Waals surface area contributed by atoms with Crippen molar-refractivity contribution in [3.05, 3.63) is 63.8 Å². The maximum Gasteiger partial charge on any atom is 0.280 e. The van der Waals surface area contributed by atoms with Crippen molar-refractivity contribution in [1.82, 2.24) is 4.98 Å². The Kier molecular flexibility index (Phi) is 4.61. The zero-order chi connectivity index (χ0) is 18.1. The number of aromatic nitrogens is 1. The Labute approximate surface area is 154 Å². The maximum absolute atomic E-state index is 12.1. The van der Waals surface area contributed by atoms with Crippen molar-refractivity contribution in [2.24, 2.45) is 16.5 Å². The standard InChI is InChI=1S/C18H14Cl2N4O/c1-9-6-11(19)3-4-12(9)16-13-7-10(17(25)24-18(21)22)2-5-15(13)23-8-14(16)20/h2-8H,1H3,(H4,21,22,24,25). The molecule has 0 bridgehead atoms. The number of guanidine groups is 1. The summed E-state index contributed by atoms with van der Waals surface area (Å²) in [4.78, 5) is 20.0. The number of rotatable bonds is 2. The van der Waals surface area contributed by atoms with Crippen molar-refractivity contribution < 1.29 is 4.79 Å². The number of benzene rings is 2. The maximum atomic E-state index is 12.1. The predicted octanol–water partition coefficient (Wildman–Crippen LogP) is 3.93. The number of hydrogen-bond donors (Lipinski definition) is 2. The molecule has 126 valence electrons. The third-order valence-electron chi connectivity index (χ3n) is 3.76. The molecule has 0 atom stereocenters. The molecule has 3 aromatic rings. The normalized spacial score (nSPS) is 10.7. The van der Waals surface area contributed by atoms with Gasteiger partial charge in [-0.15, -0.1) is 0 Å². The van der Waals surface area contributed by atoms with Crippen molar-refractivity contribution in [2.45, 2.75) is 6.92 Å². The molecule has 0 saturated carbocycles. The second-order valence-electron chi connectivity index (χ2n) is 5.51. The first-order valence-corrected chi connectivity index (χ1v) is 8.11. The average molecular weight is 373 g/mol. The second kappa shape index (κ2) is 6.70. The molecule has 0 aliphatic rings. The highest BCUT2D eigenvalue weighted by Crippen LogP contribution is 2.37. The first-order chi connectivity index (χ1) is 11.9. The van der Waals surface area contributed by atoms with Crippen LogP contribution in [0.5, 0.6) is 0 Å². The fourth-order valence-electron chi connectivity index (χ4n) is 2.66. The molecule has 0 saturated heterocycles. The SMILES string of the molecule is Cc1cc(Cl)ccc1-c1c(Cl)cnc2ccc(C(=O)N=C(N)N)cc12. The van der Waals surface area contributed by atoms with E-state index < -0.39 is 5.91 Å². The molecule has 1 amide bonds. The van der Waals surface area contributed by atoms with Crippen molar-refractivity contribution in [3.63, 3.8) is 0 Å². The molecule has 5 nitrogen and oxygen atoms in total. The van der Waals surface area contributed by atoms with Gasteiger partial charge in [0.2, 0.25) is 0 Å². The van der Waals surface area contributed by atoms with Crippen LogP contribution in [0.4, 0.5) is 0 Å². The minimum atomic E-state index is -0.527. The van der Waals surface area contributed by atoms with Crippen LogP contribution < -0.4 is 11.5 Å². The van der Waals surface area contributed by atoms with Crippen molar-refractivity contribution >= 4 is 46.0 Å². The smallest absolute Gasteiger partial charge is 0.280 e. The number of carbonyl (C=O) groups is 1. The van der Waals surface area contributed by atoms with Crippen LogP contribution >= 0.6 is 23.2 Å². The Morgan fingerprint density at radius 2 is 1.88 bits per heavy atom. The highest BCUT2D eigenvalue weighted by molar-refractivity contribution is 6.35. The largest absolute Gasteiger partial charge is 0.370 e. The molecule has 7 heteroatoms. The Bertz CT molecular complexity index is 1030. The number of amides is 1. The number of nitrogens with zero attached hydrogens (tertiary/aromatic N) is 2. The number of fused-ring (bicyclic) bond motifs is 1. The zero-order valence-electron chi connectivity index (χ0n) is 13.3.